The normalized spacial score (nSPS) is 27.6. The lowest BCUT2D eigenvalue weighted by atomic mass is 10.0. The van der Waals surface area contributed by atoms with Gasteiger partial charge in [0.25, 0.3) is 0 Å². The van der Waals surface area contributed by atoms with Gasteiger partial charge in [0.15, 0.2) is 0 Å². The molecular formula is C13H23N3O4. The van der Waals surface area contributed by atoms with Crippen LogP contribution in [0.2, 0.25) is 0 Å². The summed E-state index contributed by atoms with van der Waals surface area (Å²) in [5, 5.41) is 11.9. The molecule has 2 N–H and O–H groups in total. The van der Waals surface area contributed by atoms with Crippen LogP contribution in [-0.2, 0) is 9.53 Å². The second-order valence-corrected chi connectivity index (χ2v) is 5.35. The van der Waals surface area contributed by atoms with E-state index < -0.39 is 11.9 Å². The van der Waals surface area contributed by atoms with Crippen molar-refractivity contribution in [3.8, 4) is 0 Å². The molecule has 0 aromatic heterocycles. The molecule has 7 heteroatoms. The van der Waals surface area contributed by atoms with Crippen LogP contribution in [-0.4, -0.2) is 78.9 Å². The third-order valence-corrected chi connectivity index (χ3v) is 4.14. The number of likely N-dealkylation sites (tertiary alicyclic amines) is 1. The Hall–Kier alpha value is -1.34. The predicted octanol–water partition coefficient (Wildman–Crippen LogP) is -0.177. The number of hydrogen-bond donors (Lipinski definition) is 2. The summed E-state index contributed by atoms with van der Waals surface area (Å²) < 4.78 is 5.26. The summed E-state index contributed by atoms with van der Waals surface area (Å²) in [5.74, 6) is -1.26. The van der Waals surface area contributed by atoms with E-state index in [2.05, 4.69) is 10.2 Å². The van der Waals surface area contributed by atoms with E-state index in [0.717, 1.165) is 32.8 Å². The summed E-state index contributed by atoms with van der Waals surface area (Å²) >= 11 is 0. The highest BCUT2D eigenvalue weighted by Gasteiger charge is 2.37. The van der Waals surface area contributed by atoms with Gasteiger partial charge in [-0.3, -0.25) is 9.69 Å². The Labute approximate surface area is 118 Å². The summed E-state index contributed by atoms with van der Waals surface area (Å²) in [4.78, 5) is 26.9. The highest BCUT2D eigenvalue weighted by atomic mass is 16.5. The van der Waals surface area contributed by atoms with E-state index in [-0.39, 0.29) is 12.1 Å². The maximum Gasteiger partial charge on any atom is 0.317 e. The van der Waals surface area contributed by atoms with Crippen LogP contribution >= 0.6 is 0 Å². The molecule has 2 unspecified atom stereocenters. The molecule has 0 spiro atoms. The largest absolute Gasteiger partial charge is 0.481 e. The number of morpholine rings is 1. The number of carboxylic acids is 1. The summed E-state index contributed by atoms with van der Waals surface area (Å²) in [5.41, 5.74) is 0. The number of carbonyl (C=O) groups excluding carboxylic acids is 1. The van der Waals surface area contributed by atoms with Gasteiger partial charge in [-0.1, -0.05) is 0 Å². The molecule has 2 aliphatic rings. The van der Waals surface area contributed by atoms with Gasteiger partial charge in [0.05, 0.1) is 19.1 Å². The van der Waals surface area contributed by atoms with Crippen molar-refractivity contribution >= 4 is 12.0 Å². The smallest absolute Gasteiger partial charge is 0.317 e. The van der Waals surface area contributed by atoms with Crippen LogP contribution in [0, 0.1) is 5.92 Å². The number of rotatable bonds is 4. The van der Waals surface area contributed by atoms with E-state index >= 15 is 0 Å². The lowest BCUT2D eigenvalue weighted by Crippen LogP contribution is -2.47. The predicted molar refractivity (Wildman–Crippen MR) is 72.6 cm³/mol. The molecule has 2 aliphatic heterocycles. The van der Waals surface area contributed by atoms with Crippen molar-refractivity contribution in [2.75, 3.05) is 45.9 Å². The molecule has 2 heterocycles. The Morgan fingerprint density at radius 3 is 2.60 bits per heavy atom. The van der Waals surface area contributed by atoms with Crippen LogP contribution in [0.5, 0.6) is 0 Å². The molecule has 2 saturated heterocycles. The van der Waals surface area contributed by atoms with Crippen LogP contribution in [0.1, 0.15) is 13.3 Å². The van der Waals surface area contributed by atoms with Crippen molar-refractivity contribution in [3.63, 3.8) is 0 Å². The maximum atomic E-state index is 12.0. The molecule has 2 fully saturated rings. The van der Waals surface area contributed by atoms with E-state index in [1.807, 2.05) is 0 Å². The maximum absolute atomic E-state index is 12.0. The van der Waals surface area contributed by atoms with Crippen LogP contribution in [0.3, 0.4) is 0 Å². The average Bonchev–Trinajstić information content (AvgIpc) is 2.82. The zero-order valence-corrected chi connectivity index (χ0v) is 11.9. The van der Waals surface area contributed by atoms with Crippen molar-refractivity contribution < 1.29 is 19.4 Å². The van der Waals surface area contributed by atoms with Crippen molar-refractivity contribution in [1.82, 2.24) is 15.1 Å². The van der Waals surface area contributed by atoms with Gasteiger partial charge in [-0.05, 0) is 13.3 Å². The fraction of sp³-hybridized carbons (Fsp3) is 0.846. The average molecular weight is 285 g/mol. The van der Waals surface area contributed by atoms with Crippen molar-refractivity contribution in [2.24, 2.45) is 5.92 Å². The summed E-state index contributed by atoms with van der Waals surface area (Å²) in [7, 11) is 0. The van der Waals surface area contributed by atoms with Gasteiger partial charge in [0.1, 0.15) is 0 Å². The molecule has 2 rings (SSSR count). The van der Waals surface area contributed by atoms with Gasteiger partial charge in [0.2, 0.25) is 0 Å². The minimum absolute atomic E-state index is 0.158. The van der Waals surface area contributed by atoms with E-state index in [9.17, 15) is 9.59 Å². The monoisotopic (exact) mass is 285 g/mol. The first-order chi connectivity index (χ1) is 9.59. The Bertz CT molecular complexity index is 358. The van der Waals surface area contributed by atoms with E-state index in [1.54, 1.807) is 11.8 Å². The Kier molecular flexibility index (Phi) is 5.19. The highest BCUT2D eigenvalue weighted by Crippen LogP contribution is 2.24. The number of aliphatic carboxylic acids is 1. The van der Waals surface area contributed by atoms with Crippen molar-refractivity contribution in [3.05, 3.63) is 0 Å². The van der Waals surface area contributed by atoms with Crippen LogP contribution in [0.25, 0.3) is 0 Å². The first kappa shape index (κ1) is 15.1. The summed E-state index contributed by atoms with van der Waals surface area (Å²) in [6.07, 6.45) is 0.535. The molecule has 0 bridgehead atoms. The number of amides is 2. The fourth-order valence-corrected chi connectivity index (χ4v) is 2.80. The first-order valence-electron chi connectivity index (χ1n) is 7.17. The van der Waals surface area contributed by atoms with Gasteiger partial charge in [-0.2, -0.15) is 0 Å². The molecule has 0 radical (unpaired) electrons. The Balaban J connectivity index is 1.71. The third-order valence-electron chi connectivity index (χ3n) is 4.14. The lowest BCUT2D eigenvalue weighted by Gasteiger charge is -2.28. The quantitative estimate of drug-likeness (QED) is 0.749. The summed E-state index contributed by atoms with van der Waals surface area (Å²) in [6, 6.07) is -0.398. The van der Waals surface area contributed by atoms with E-state index in [1.165, 1.54) is 0 Å². The molecule has 0 aliphatic carbocycles. The number of ether oxygens (including phenoxy) is 1. The van der Waals surface area contributed by atoms with E-state index in [0.29, 0.717) is 19.5 Å². The molecule has 2 amide bonds. The molecule has 2 atom stereocenters. The topological polar surface area (TPSA) is 82.1 Å². The van der Waals surface area contributed by atoms with Crippen LogP contribution in [0.4, 0.5) is 4.79 Å². The highest BCUT2D eigenvalue weighted by molar-refractivity contribution is 5.78. The molecular weight excluding hydrogens is 262 g/mol. The standard InChI is InChI=1S/C13H23N3O4/c1-10-11(12(17)18)2-4-16(10)13(19)14-3-5-15-6-8-20-9-7-15/h10-11H,2-9H2,1H3,(H,14,19)(H,17,18). The van der Waals surface area contributed by atoms with Crippen LogP contribution in [0.15, 0.2) is 0 Å². The molecule has 114 valence electrons. The van der Waals surface area contributed by atoms with Crippen molar-refractivity contribution in [1.29, 1.82) is 0 Å². The summed E-state index contributed by atoms with van der Waals surface area (Å²) in [6.45, 7) is 7.00. The minimum Gasteiger partial charge on any atom is -0.481 e. The van der Waals surface area contributed by atoms with E-state index in [4.69, 9.17) is 9.84 Å². The van der Waals surface area contributed by atoms with Crippen molar-refractivity contribution in [2.45, 2.75) is 19.4 Å². The number of urea groups is 1. The first-order valence-corrected chi connectivity index (χ1v) is 7.17. The zero-order chi connectivity index (χ0) is 14.5. The number of carboxylic acid groups (broad SMARTS) is 1. The molecule has 0 aromatic carbocycles. The SMILES string of the molecule is CC1C(C(=O)O)CCN1C(=O)NCCN1CCOCC1. The van der Waals surface area contributed by atoms with Gasteiger partial charge in [-0.25, -0.2) is 4.79 Å². The Morgan fingerprint density at radius 2 is 2.00 bits per heavy atom. The van der Waals surface area contributed by atoms with Gasteiger partial charge < -0.3 is 20.1 Å². The van der Waals surface area contributed by atoms with Crippen LogP contribution < -0.4 is 5.32 Å². The molecule has 20 heavy (non-hydrogen) atoms. The Morgan fingerprint density at radius 1 is 1.30 bits per heavy atom. The second-order valence-electron chi connectivity index (χ2n) is 5.35. The minimum atomic E-state index is -0.818. The van der Waals surface area contributed by atoms with Gasteiger partial charge in [-0.15, -0.1) is 0 Å². The third kappa shape index (κ3) is 3.61. The number of nitrogens with zero attached hydrogens (tertiary/aromatic N) is 2. The molecule has 7 nitrogen and oxygen atoms in total. The fourth-order valence-electron chi connectivity index (χ4n) is 2.80. The lowest BCUT2D eigenvalue weighted by molar-refractivity contribution is -0.142. The molecule has 0 aromatic rings. The second kappa shape index (κ2) is 6.90. The number of nitrogens with one attached hydrogen (secondary N) is 1. The molecule has 0 saturated carbocycles. The van der Waals surface area contributed by atoms with Gasteiger partial charge >= 0.3 is 12.0 Å². The number of carbonyl (C=O) groups is 2. The van der Waals surface area contributed by atoms with Gasteiger partial charge in [0, 0.05) is 38.8 Å². The zero-order valence-electron chi connectivity index (χ0n) is 11.9. The number of hydrogen-bond acceptors (Lipinski definition) is 4.